The molecule has 2 rings (SSSR count). The maximum Gasteiger partial charge on any atom is 0.319 e. The lowest BCUT2D eigenvalue weighted by Gasteiger charge is -2.14. The van der Waals surface area contributed by atoms with E-state index in [-0.39, 0.29) is 38.3 Å². The van der Waals surface area contributed by atoms with Gasteiger partial charge in [0.15, 0.2) is 5.75 Å². The number of halogens is 3. The summed E-state index contributed by atoms with van der Waals surface area (Å²) < 4.78 is 5.58. The van der Waals surface area contributed by atoms with Gasteiger partial charge in [0.05, 0.1) is 20.0 Å². The second kappa shape index (κ2) is 8.44. The van der Waals surface area contributed by atoms with E-state index in [2.05, 4.69) is 10.6 Å². The summed E-state index contributed by atoms with van der Waals surface area (Å²) in [4.78, 5) is 21.9. The second-order valence-corrected chi connectivity index (χ2v) is 6.72. The molecule has 10 heteroatoms. The number of benzene rings is 2. The van der Waals surface area contributed by atoms with Crippen molar-refractivity contribution in [3.05, 3.63) is 55.5 Å². The van der Waals surface area contributed by atoms with Crippen LogP contribution in [0.2, 0.25) is 15.1 Å². The van der Waals surface area contributed by atoms with E-state index >= 15 is 0 Å². The van der Waals surface area contributed by atoms with E-state index < -0.39 is 11.0 Å². The molecular weight excluding hydrogens is 405 g/mol. The van der Waals surface area contributed by atoms with E-state index in [0.29, 0.717) is 5.69 Å². The number of nitrogens with one attached hydrogen (secondary N) is 2. The summed E-state index contributed by atoms with van der Waals surface area (Å²) in [6, 6.07) is 6.23. The van der Waals surface area contributed by atoms with Gasteiger partial charge in [-0.25, -0.2) is 4.79 Å². The van der Waals surface area contributed by atoms with E-state index in [1.807, 2.05) is 13.8 Å². The Morgan fingerprint density at radius 3 is 2.23 bits per heavy atom. The Kier molecular flexibility index (Phi) is 6.52. The van der Waals surface area contributed by atoms with Gasteiger partial charge in [0.25, 0.3) is 5.69 Å². The van der Waals surface area contributed by atoms with E-state index in [4.69, 9.17) is 39.5 Å². The number of urea groups is 1. The van der Waals surface area contributed by atoms with Crippen molar-refractivity contribution in [2.75, 3.05) is 5.32 Å². The van der Waals surface area contributed by atoms with Crippen molar-refractivity contribution in [3.63, 3.8) is 0 Å². The molecule has 138 valence electrons. The molecule has 0 heterocycles. The van der Waals surface area contributed by atoms with E-state index in [9.17, 15) is 14.9 Å². The first kappa shape index (κ1) is 20.1. The number of carbonyl (C=O) groups is 1. The lowest BCUT2D eigenvalue weighted by Crippen LogP contribution is -2.34. The van der Waals surface area contributed by atoms with Crippen LogP contribution in [0.15, 0.2) is 30.3 Å². The molecule has 0 saturated heterocycles. The number of anilines is 1. The fraction of sp³-hybridized carbons (Fsp3) is 0.188. The molecule has 7 nitrogen and oxygen atoms in total. The highest BCUT2D eigenvalue weighted by atomic mass is 35.5. The van der Waals surface area contributed by atoms with Gasteiger partial charge in [-0.05, 0) is 32.0 Å². The molecule has 0 radical (unpaired) electrons. The molecule has 0 atom stereocenters. The third-order valence-corrected chi connectivity index (χ3v) is 3.87. The van der Waals surface area contributed by atoms with Crippen molar-refractivity contribution in [3.8, 4) is 11.5 Å². The Bertz CT molecular complexity index is 836. The van der Waals surface area contributed by atoms with Crippen LogP contribution in [-0.2, 0) is 0 Å². The number of nitro groups is 1. The third-order valence-electron chi connectivity index (χ3n) is 3.01. The molecule has 2 N–H and O–H groups in total. The summed E-state index contributed by atoms with van der Waals surface area (Å²) in [7, 11) is 0. The van der Waals surface area contributed by atoms with Gasteiger partial charge in [0.1, 0.15) is 5.75 Å². The van der Waals surface area contributed by atoms with Gasteiger partial charge in [-0.3, -0.25) is 10.1 Å². The molecule has 0 aliphatic heterocycles. The molecule has 2 amide bonds. The molecule has 0 bridgehead atoms. The number of hydrogen-bond acceptors (Lipinski definition) is 4. The first-order chi connectivity index (χ1) is 12.2. The summed E-state index contributed by atoms with van der Waals surface area (Å²) in [5.74, 6) is 0.262. The minimum atomic E-state index is -0.571. The smallest absolute Gasteiger partial charge is 0.319 e. The van der Waals surface area contributed by atoms with Crippen LogP contribution in [0.3, 0.4) is 0 Å². The van der Waals surface area contributed by atoms with Crippen molar-refractivity contribution in [2.24, 2.45) is 0 Å². The zero-order chi connectivity index (χ0) is 19.4. The fourth-order valence-electron chi connectivity index (χ4n) is 1.95. The molecule has 0 aromatic heterocycles. The van der Waals surface area contributed by atoms with Crippen LogP contribution < -0.4 is 15.4 Å². The Morgan fingerprint density at radius 2 is 1.73 bits per heavy atom. The minimum absolute atomic E-state index is 0.0323. The van der Waals surface area contributed by atoms with Crippen LogP contribution in [0.4, 0.5) is 16.2 Å². The van der Waals surface area contributed by atoms with Gasteiger partial charge in [0.2, 0.25) is 0 Å². The lowest BCUT2D eigenvalue weighted by molar-refractivity contribution is -0.384. The van der Waals surface area contributed by atoms with Gasteiger partial charge in [-0.1, -0.05) is 34.8 Å². The number of hydrogen-bond donors (Lipinski definition) is 2. The number of ether oxygens (including phenoxy) is 1. The summed E-state index contributed by atoms with van der Waals surface area (Å²) >= 11 is 18.3. The monoisotopic (exact) mass is 417 g/mol. The van der Waals surface area contributed by atoms with Crippen LogP contribution in [0.1, 0.15) is 13.8 Å². The Labute approximate surface area is 164 Å². The van der Waals surface area contributed by atoms with E-state index in [1.165, 1.54) is 24.3 Å². The number of amides is 2. The van der Waals surface area contributed by atoms with Crippen molar-refractivity contribution < 1.29 is 14.5 Å². The van der Waals surface area contributed by atoms with Crippen LogP contribution >= 0.6 is 34.8 Å². The molecular formula is C16H14Cl3N3O4. The normalized spacial score (nSPS) is 10.5. The molecule has 0 aliphatic rings. The zero-order valence-electron chi connectivity index (χ0n) is 13.7. The molecule has 0 aliphatic carbocycles. The highest BCUT2D eigenvalue weighted by Gasteiger charge is 2.16. The zero-order valence-corrected chi connectivity index (χ0v) is 15.9. The Morgan fingerprint density at radius 1 is 1.12 bits per heavy atom. The van der Waals surface area contributed by atoms with Crippen molar-refractivity contribution in [1.29, 1.82) is 0 Å². The van der Waals surface area contributed by atoms with Crippen LogP contribution in [0.5, 0.6) is 11.5 Å². The number of carbonyl (C=O) groups excluding carboxylic acids is 1. The van der Waals surface area contributed by atoms with Crippen molar-refractivity contribution in [2.45, 2.75) is 19.9 Å². The average Bonchev–Trinajstić information content (AvgIpc) is 2.51. The van der Waals surface area contributed by atoms with Crippen LogP contribution in [0, 0.1) is 10.1 Å². The minimum Gasteiger partial charge on any atom is -0.453 e. The van der Waals surface area contributed by atoms with Crippen LogP contribution in [-0.4, -0.2) is 17.0 Å². The quantitative estimate of drug-likeness (QED) is 0.468. The fourth-order valence-corrected chi connectivity index (χ4v) is 2.73. The topological polar surface area (TPSA) is 93.5 Å². The van der Waals surface area contributed by atoms with Gasteiger partial charge in [0, 0.05) is 23.9 Å². The summed E-state index contributed by atoms with van der Waals surface area (Å²) in [6.45, 7) is 3.65. The number of rotatable bonds is 5. The summed E-state index contributed by atoms with van der Waals surface area (Å²) in [6.07, 6.45) is 0. The van der Waals surface area contributed by atoms with Crippen LogP contribution in [0.25, 0.3) is 0 Å². The SMILES string of the molecule is CC(C)NC(=O)Nc1cc(Cl)c(Oc2ccc([N+](=O)[O-])cc2Cl)c(Cl)c1. The van der Waals surface area contributed by atoms with Gasteiger partial charge in [-0.15, -0.1) is 0 Å². The highest BCUT2D eigenvalue weighted by molar-refractivity contribution is 6.38. The molecule has 26 heavy (non-hydrogen) atoms. The summed E-state index contributed by atoms with van der Waals surface area (Å²) in [5.41, 5.74) is 0.204. The second-order valence-electron chi connectivity index (χ2n) is 5.50. The van der Waals surface area contributed by atoms with E-state index in [1.54, 1.807) is 0 Å². The first-order valence-electron chi connectivity index (χ1n) is 7.35. The predicted molar refractivity (Wildman–Crippen MR) is 102 cm³/mol. The molecule has 2 aromatic rings. The number of non-ortho nitro benzene ring substituents is 1. The van der Waals surface area contributed by atoms with Gasteiger partial charge >= 0.3 is 6.03 Å². The maximum atomic E-state index is 11.7. The summed E-state index contributed by atoms with van der Waals surface area (Å²) in [5, 5.41) is 16.3. The third kappa shape index (κ3) is 5.14. The lowest BCUT2D eigenvalue weighted by atomic mass is 10.2. The number of nitro benzene ring substituents is 1. The van der Waals surface area contributed by atoms with Gasteiger partial charge < -0.3 is 15.4 Å². The van der Waals surface area contributed by atoms with Gasteiger partial charge in [-0.2, -0.15) is 0 Å². The molecule has 0 unspecified atom stereocenters. The molecule has 0 spiro atoms. The van der Waals surface area contributed by atoms with Crippen molar-refractivity contribution >= 4 is 52.2 Å². The maximum absolute atomic E-state index is 11.7. The Hall–Kier alpha value is -2.22. The first-order valence-corrected chi connectivity index (χ1v) is 8.49. The van der Waals surface area contributed by atoms with E-state index in [0.717, 1.165) is 6.07 Å². The largest absolute Gasteiger partial charge is 0.453 e. The standard InChI is InChI=1S/C16H14Cl3N3O4/c1-8(2)20-16(23)21-9-5-12(18)15(13(19)6-9)26-14-4-3-10(22(24)25)7-11(14)17/h3-8H,1-2H3,(H2,20,21,23). The average molecular weight is 419 g/mol. The highest BCUT2D eigenvalue weighted by Crippen LogP contribution is 2.41. The van der Waals surface area contributed by atoms with Crippen molar-refractivity contribution in [1.82, 2.24) is 5.32 Å². The number of nitrogens with zero attached hydrogens (tertiary/aromatic N) is 1. The predicted octanol–water partition coefficient (Wildman–Crippen LogP) is 5.88. The Balaban J connectivity index is 2.23. The molecule has 0 fully saturated rings. The molecule has 2 aromatic carbocycles. The molecule has 0 saturated carbocycles.